The topological polar surface area (TPSA) is 97.4 Å². The van der Waals surface area contributed by atoms with Gasteiger partial charge in [-0.1, -0.05) is 58.0 Å². The molecule has 8 nitrogen and oxygen atoms in total. The number of carbonyl (C=O) groups excluding carboxylic acids is 2. The molecule has 34 heavy (non-hydrogen) atoms. The van der Waals surface area contributed by atoms with Crippen molar-refractivity contribution in [3.63, 3.8) is 0 Å². The number of likely N-dealkylation sites (tertiary alicyclic amines) is 1. The summed E-state index contributed by atoms with van der Waals surface area (Å²) < 4.78 is 6.33. The van der Waals surface area contributed by atoms with E-state index in [4.69, 9.17) is 4.42 Å². The van der Waals surface area contributed by atoms with Crippen molar-refractivity contribution in [1.29, 1.82) is 0 Å². The van der Waals surface area contributed by atoms with Gasteiger partial charge in [0.1, 0.15) is 0 Å². The normalized spacial score (nSPS) is 17.4. The van der Waals surface area contributed by atoms with Gasteiger partial charge in [-0.2, -0.15) is 4.68 Å². The molecule has 1 aliphatic heterocycles. The van der Waals surface area contributed by atoms with E-state index in [1.807, 2.05) is 45.9 Å². The highest BCUT2D eigenvalue weighted by Gasteiger charge is 2.34. The second-order valence-electron chi connectivity index (χ2n) is 10.1. The van der Waals surface area contributed by atoms with E-state index in [2.05, 4.69) is 27.4 Å². The van der Waals surface area contributed by atoms with Gasteiger partial charge in [-0.3, -0.25) is 14.5 Å². The van der Waals surface area contributed by atoms with E-state index in [-0.39, 0.29) is 29.7 Å². The van der Waals surface area contributed by atoms with Crippen LogP contribution in [0.1, 0.15) is 69.6 Å². The molecule has 1 saturated heterocycles. The van der Waals surface area contributed by atoms with Gasteiger partial charge >= 0.3 is 5.76 Å². The van der Waals surface area contributed by atoms with Crippen LogP contribution in [0, 0.1) is 11.8 Å². The molecule has 0 spiro atoms. The fourth-order valence-electron chi connectivity index (χ4n) is 4.51. The summed E-state index contributed by atoms with van der Waals surface area (Å²) in [5.41, 5.74) is 1.30. The van der Waals surface area contributed by atoms with Gasteiger partial charge in [0.15, 0.2) is 0 Å². The zero-order valence-electron chi connectivity index (χ0n) is 20.8. The number of aryl methyl sites for hydroxylation is 1. The van der Waals surface area contributed by atoms with E-state index in [0.29, 0.717) is 13.0 Å². The molecule has 186 valence electrons. The summed E-state index contributed by atoms with van der Waals surface area (Å²) in [5.74, 6) is -1.11. The molecule has 2 aromatic rings. The fraction of sp³-hybridized carbons (Fsp3) is 0.615. The SMILES string of the molecule is CC(C)CC(NC(=O)[C@@H]1CCCN1CCCc1ccccc1)C(=O)c1nn(CC(C)C)c(=O)o1. The van der Waals surface area contributed by atoms with Gasteiger partial charge in [0.05, 0.1) is 18.6 Å². The molecule has 1 aromatic carbocycles. The molecule has 2 heterocycles. The van der Waals surface area contributed by atoms with Gasteiger partial charge in [-0.15, -0.1) is 5.10 Å². The van der Waals surface area contributed by atoms with E-state index in [1.165, 1.54) is 10.2 Å². The molecule has 8 heteroatoms. The first-order chi connectivity index (χ1) is 16.2. The summed E-state index contributed by atoms with van der Waals surface area (Å²) in [4.78, 5) is 40.7. The summed E-state index contributed by atoms with van der Waals surface area (Å²) in [7, 11) is 0. The first-order valence-corrected chi connectivity index (χ1v) is 12.4. The van der Waals surface area contributed by atoms with Crippen LogP contribution >= 0.6 is 0 Å². The van der Waals surface area contributed by atoms with Crippen molar-refractivity contribution in [2.45, 2.75) is 78.4 Å². The Hall–Kier alpha value is -2.74. The van der Waals surface area contributed by atoms with Crippen LogP contribution in [0.2, 0.25) is 0 Å². The highest BCUT2D eigenvalue weighted by molar-refractivity contribution is 5.99. The van der Waals surface area contributed by atoms with E-state index < -0.39 is 17.6 Å². The number of Topliss-reactive ketones (excluding diaryl/α,β-unsaturated/α-hetero) is 1. The van der Waals surface area contributed by atoms with E-state index in [0.717, 1.165) is 38.8 Å². The maximum atomic E-state index is 13.2. The lowest BCUT2D eigenvalue weighted by Gasteiger charge is -2.26. The van der Waals surface area contributed by atoms with Crippen LogP contribution in [0.25, 0.3) is 0 Å². The number of nitrogens with zero attached hydrogens (tertiary/aromatic N) is 3. The molecule has 1 fully saturated rings. The van der Waals surface area contributed by atoms with Crippen molar-refractivity contribution in [3.05, 3.63) is 52.3 Å². The number of benzene rings is 1. The number of hydrogen-bond acceptors (Lipinski definition) is 6. The third-order valence-electron chi connectivity index (χ3n) is 6.12. The van der Waals surface area contributed by atoms with Crippen LogP contribution in [0.15, 0.2) is 39.5 Å². The molecule has 1 N–H and O–H groups in total. The Morgan fingerprint density at radius 3 is 2.56 bits per heavy atom. The van der Waals surface area contributed by atoms with E-state index in [1.54, 1.807) is 0 Å². The van der Waals surface area contributed by atoms with Gasteiger partial charge in [0.25, 0.3) is 5.89 Å². The second-order valence-corrected chi connectivity index (χ2v) is 10.1. The molecule has 1 aromatic heterocycles. The second kappa shape index (κ2) is 12.1. The molecule has 1 amide bonds. The number of carbonyl (C=O) groups is 2. The highest BCUT2D eigenvalue weighted by atomic mass is 16.4. The Labute approximate surface area is 201 Å². The van der Waals surface area contributed by atoms with Crippen molar-refractivity contribution in [2.24, 2.45) is 11.8 Å². The number of amides is 1. The predicted molar refractivity (Wildman–Crippen MR) is 131 cm³/mol. The first kappa shape index (κ1) is 25.9. The maximum absolute atomic E-state index is 13.2. The molecule has 1 aliphatic rings. The Bertz CT molecular complexity index is 996. The Morgan fingerprint density at radius 1 is 1.15 bits per heavy atom. The van der Waals surface area contributed by atoms with Crippen LogP contribution in [0.4, 0.5) is 0 Å². The lowest BCUT2D eigenvalue weighted by Crippen LogP contribution is -2.50. The summed E-state index contributed by atoms with van der Waals surface area (Å²) in [6, 6.07) is 9.32. The van der Waals surface area contributed by atoms with Crippen molar-refractivity contribution in [2.75, 3.05) is 13.1 Å². The number of hydrogen-bond donors (Lipinski definition) is 1. The first-order valence-electron chi connectivity index (χ1n) is 12.4. The van der Waals surface area contributed by atoms with Crippen molar-refractivity contribution < 1.29 is 14.0 Å². The van der Waals surface area contributed by atoms with E-state index in [9.17, 15) is 14.4 Å². The van der Waals surface area contributed by atoms with Crippen LogP contribution in [-0.4, -0.2) is 51.5 Å². The molecule has 1 unspecified atom stereocenters. The number of aromatic nitrogens is 2. The van der Waals surface area contributed by atoms with Crippen LogP contribution in [-0.2, 0) is 17.8 Å². The van der Waals surface area contributed by atoms with Crippen molar-refractivity contribution in [3.8, 4) is 0 Å². The Kier molecular flexibility index (Phi) is 9.21. The lowest BCUT2D eigenvalue weighted by molar-refractivity contribution is -0.126. The smallest absolute Gasteiger partial charge is 0.384 e. The van der Waals surface area contributed by atoms with Crippen LogP contribution in [0.5, 0.6) is 0 Å². The molecular formula is C26H38N4O4. The predicted octanol–water partition coefficient (Wildman–Crippen LogP) is 3.30. The van der Waals surface area contributed by atoms with Crippen LogP contribution < -0.4 is 11.1 Å². The fourth-order valence-corrected chi connectivity index (χ4v) is 4.51. The van der Waals surface area contributed by atoms with E-state index >= 15 is 0 Å². The molecule has 0 saturated carbocycles. The highest BCUT2D eigenvalue weighted by Crippen LogP contribution is 2.19. The molecule has 0 bridgehead atoms. The zero-order chi connectivity index (χ0) is 24.7. The molecular weight excluding hydrogens is 432 g/mol. The quantitative estimate of drug-likeness (QED) is 0.478. The summed E-state index contributed by atoms with van der Waals surface area (Å²) >= 11 is 0. The summed E-state index contributed by atoms with van der Waals surface area (Å²) in [5, 5.41) is 7.05. The largest absolute Gasteiger partial charge is 0.437 e. The Balaban J connectivity index is 1.63. The summed E-state index contributed by atoms with van der Waals surface area (Å²) in [6.07, 6.45) is 4.13. The lowest BCUT2D eigenvalue weighted by atomic mass is 9.99. The molecule has 0 aliphatic carbocycles. The number of rotatable bonds is 12. The van der Waals surface area contributed by atoms with Gasteiger partial charge in [-0.25, -0.2) is 4.79 Å². The van der Waals surface area contributed by atoms with Gasteiger partial charge in [-0.05, 0) is 62.6 Å². The average Bonchev–Trinajstić information content (AvgIpc) is 3.39. The monoisotopic (exact) mass is 470 g/mol. The third-order valence-corrected chi connectivity index (χ3v) is 6.12. The maximum Gasteiger partial charge on any atom is 0.437 e. The molecule has 2 atom stereocenters. The van der Waals surface area contributed by atoms with Gasteiger partial charge in [0.2, 0.25) is 11.7 Å². The number of nitrogens with one attached hydrogen (secondary N) is 1. The molecule has 0 radical (unpaired) electrons. The number of ketones is 1. The molecule has 3 rings (SSSR count). The van der Waals surface area contributed by atoms with Crippen molar-refractivity contribution >= 4 is 11.7 Å². The third kappa shape index (κ3) is 7.13. The minimum atomic E-state index is -0.773. The zero-order valence-corrected chi connectivity index (χ0v) is 20.8. The van der Waals surface area contributed by atoms with Gasteiger partial charge < -0.3 is 9.73 Å². The minimum Gasteiger partial charge on any atom is -0.384 e. The van der Waals surface area contributed by atoms with Gasteiger partial charge in [0, 0.05) is 0 Å². The summed E-state index contributed by atoms with van der Waals surface area (Å²) in [6.45, 7) is 9.98. The Morgan fingerprint density at radius 2 is 1.88 bits per heavy atom. The average molecular weight is 471 g/mol. The van der Waals surface area contributed by atoms with Crippen LogP contribution in [0.3, 0.4) is 0 Å². The minimum absolute atomic E-state index is 0.139. The standard InChI is InChI=1S/C26H38N4O4/c1-18(2)16-21(23(31)25-28-30(17-19(3)4)26(33)34-25)27-24(32)22-13-9-15-29(22)14-8-12-20-10-6-5-7-11-20/h5-7,10-11,18-19,21-22H,8-9,12-17H2,1-4H3,(H,27,32)/t21?,22-/m0/s1. The van der Waals surface area contributed by atoms with Crippen molar-refractivity contribution in [1.82, 2.24) is 20.0 Å².